The number of urea groups is 1. The van der Waals surface area contributed by atoms with Gasteiger partial charge in [-0.1, -0.05) is 19.9 Å². The zero-order valence-electron chi connectivity index (χ0n) is 10.9. The van der Waals surface area contributed by atoms with E-state index in [0.717, 1.165) is 3.57 Å². The topological polar surface area (TPSA) is 78.4 Å². The Morgan fingerprint density at radius 3 is 2.42 bits per heavy atom. The summed E-state index contributed by atoms with van der Waals surface area (Å²) >= 11 is 2.14. The molecule has 0 saturated heterocycles. The van der Waals surface area contributed by atoms with Gasteiger partial charge in [-0.3, -0.25) is 0 Å². The molecule has 0 aliphatic rings. The predicted octanol–water partition coefficient (Wildman–Crippen LogP) is 3.06. The molecule has 5 nitrogen and oxygen atoms in total. The van der Waals surface area contributed by atoms with E-state index in [2.05, 4.69) is 33.2 Å². The zero-order valence-corrected chi connectivity index (χ0v) is 13.0. The van der Waals surface area contributed by atoms with Crippen LogP contribution in [0.25, 0.3) is 0 Å². The van der Waals surface area contributed by atoms with Crippen molar-refractivity contribution in [3.8, 4) is 0 Å². The third kappa shape index (κ3) is 4.09. The molecular formula is C13H17IN2O3. The van der Waals surface area contributed by atoms with E-state index in [1.165, 1.54) is 0 Å². The number of rotatable bonds is 5. The SMILES string of the molecule is CCC(CC)(NC(=O)Nc1cccc(I)c1)C(=O)O. The Balaban J connectivity index is 2.76. The van der Waals surface area contributed by atoms with E-state index in [0.29, 0.717) is 18.5 Å². The van der Waals surface area contributed by atoms with Crippen LogP contribution in [0.3, 0.4) is 0 Å². The summed E-state index contributed by atoms with van der Waals surface area (Å²) < 4.78 is 0.992. The van der Waals surface area contributed by atoms with Gasteiger partial charge in [-0.05, 0) is 53.6 Å². The molecule has 0 bridgehead atoms. The number of amides is 2. The van der Waals surface area contributed by atoms with Gasteiger partial charge < -0.3 is 15.7 Å². The fourth-order valence-corrected chi connectivity index (χ4v) is 2.27. The lowest BCUT2D eigenvalue weighted by molar-refractivity contribution is -0.144. The molecule has 2 amide bonds. The molecule has 0 atom stereocenters. The largest absolute Gasteiger partial charge is 0.480 e. The summed E-state index contributed by atoms with van der Waals surface area (Å²) in [5.41, 5.74) is -0.581. The number of nitrogens with one attached hydrogen (secondary N) is 2. The fourth-order valence-electron chi connectivity index (χ4n) is 1.73. The van der Waals surface area contributed by atoms with Crippen molar-refractivity contribution in [1.82, 2.24) is 5.32 Å². The molecule has 1 aromatic carbocycles. The second-order valence-corrected chi connectivity index (χ2v) is 5.43. The van der Waals surface area contributed by atoms with Gasteiger partial charge in [0, 0.05) is 9.26 Å². The average molecular weight is 376 g/mol. The maximum atomic E-state index is 11.9. The quantitative estimate of drug-likeness (QED) is 0.692. The molecule has 0 unspecified atom stereocenters. The highest BCUT2D eigenvalue weighted by molar-refractivity contribution is 14.1. The van der Waals surface area contributed by atoms with Crippen LogP contribution >= 0.6 is 22.6 Å². The van der Waals surface area contributed by atoms with Crippen LogP contribution in [0, 0.1) is 3.57 Å². The molecule has 3 N–H and O–H groups in total. The van der Waals surface area contributed by atoms with Crippen LogP contribution in [0.2, 0.25) is 0 Å². The van der Waals surface area contributed by atoms with Crippen LogP contribution in [0.5, 0.6) is 0 Å². The van der Waals surface area contributed by atoms with Gasteiger partial charge in [0.05, 0.1) is 0 Å². The number of aliphatic carboxylic acids is 1. The maximum Gasteiger partial charge on any atom is 0.329 e. The molecule has 0 aliphatic heterocycles. The van der Waals surface area contributed by atoms with Crippen LogP contribution in [0.4, 0.5) is 10.5 Å². The lowest BCUT2D eigenvalue weighted by Gasteiger charge is -2.28. The van der Waals surface area contributed by atoms with E-state index in [4.69, 9.17) is 0 Å². The van der Waals surface area contributed by atoms with Crippen molar-refractivity contribution < 1.29 is 14.7 Å². The number of hydrogen-bond acceptors (Lipinski definition) is 2. The monoisotopic (exact) mass is 376 g/mol. The first kappa shape index (κ1) is 15.7. The number of carbonyl (C=O) groups is 2. The Hall–Kier alpha value is -1.31. The van der Waals surface area contributed by atoms with E-state index in [9.17, 15) is 14.7 Å². The van der Waals surface area contributed by atoms with Gasteiger partial charge in [-0.2, -0.15) is 0 Å². The van der Waals surface area contributed by atoms with Crippen molar-refractivity contribution in [2.24, 2.45) is 0 Å². The molecule has 0 radical (unpaired) electrons. The molecule has 0 spiro atoms. The van der Waals surface area contributed by atoms with Crippen molar-refractivity contribution in [2.75, 3.05) is 5.32 Å². The van der Waals surface area contributed by atoms with Crippen molar-refractivity contribution >= 4 is 40.3 Å². The molecule has 0 fully saturated rings. The van der Waals surface area contributed by atoms with Gasteiger partial charge >= 0.3 is 12.0 Å². The summed E-state index contributed by atoms with van der Waals surface area (Å²) in [6.45, 7) is 3.48. The molecule has 0 heterocycles. The van der Waals surface area contributed by atoms with Gasteiger partial charge in [0.15, 0.2) is 0 Å². The Labute approximate surface area is 125 Å². The van der Waals surface area contributed by atoms with Gasteiger partial charge in [0.25, 0.3) is 0 Å². The van der Waals surface area contributed by atoms with Gasteiger partial charge in [-0.25, -0.2) is 9.59 Å². The summed E-state index contributed by atoms with van der Waals surface area (Å²) in [6, 6.07) is 6.78. The van der Waals surface area contributed by atoms with Gasteiger partial charge in [0.1, 0.15) is 5.54 Å². The molecular weight excluding hydrogens is 359 g/mol. The normalized spacial score (nSPS) is 10.9. The van der Waals surface area contributed by atoms with Crippen molar-refractivity contribution in [3.05, 3.63) is 27.8 Å². The third-order valence-electron chi connectivity index (χ3n) is 3.05. The van der Waals surface area contributed by atoms with E-state index in [1.807, 2.05) is 12.1 Å². The highest BCUT2D eigenvalue weighted by Crippen LogP contribution is 2.17. The number of benzene rings is 1. The number of carboxylic acid groups (broad SMARTS) is 1. The second kappa shape index (κ2) is 6.74. The van der Waals surface area contributed by atoms with Crippen LogP contribution in [-0.4, -0.2) is 22.6 Å². The summed E-state index contributed by atoms with van der Waals surface area (Å²) in [6.07, 6.45) is 0.664. The maximum absolute atomic E-state index is 11.9. The Morgan fingerprint density at radius 1 is 1.32 bits per heavy atom. The first-order chi connectivity index (χ1) is 8.93. The molecule has 19 heavy (non-hydrogen) atoms. The van der Waals surface area contributed by atoms with Crippen LogP contribution in [-0.2, 0) is 4.79 Å². The second-order valence-electron chi connectivity index (χ2n) is 4.18. The minimum atomic E-state index is -1.22. The lowest BCUT2D eigenvalue weighted by Crippen LogP contribution is -2.54. The molecule has 1 aromatic rings. The highest BCUT2D eigenvalue weighted by atomic mass is 127. The molecule has 0 aromatic heterocycles. The van der Waals surface area contributed by atoms with E-state index in [-0.39, 0.29) is 0 Å². The summed E-state index contributed by atoms with van der Waals surface area (Å²) in [5, 5.41) is 14.4. The molecule has 0 aliphatic carbocycles. The van der Waals surface area contributed by atoms with Crippen LogP contribution < -0.4 is 10.6 Å². The zero-order chi connectivity index (χ0) is 14.5. The predicted molar refractivity (Wildman–Crippen MR) is 82.3 cm³/mol. The molecule has 6 heteroatoms. The van der Waals surface area contributed by atoms with Crippen molar-refractivity contribution in [2.45, 2.75) is 32.2 Å². The smallest absolute Gasteiger partial charge is 0.329 e. The minimum Gasteiger partial charge on any atom is -0.480 e. The van der Waals surface area contributed by atoms with E-state index >= 15 is 0 Å². The Morgan fingerprint density at radius 2 is 1.95 bits per heavy atom. The number of hydrogen-bond donors (Lipinski definition) is 3. The first-order valence-electron chi connectivity index (χ1n) is 6.01. The number of halogens is 1. The van der Waals surface area contributed by atoms with E-state index in [1.54, 1.807) is 26.0 Å². The molecule has 104 valence electrons. The minimum absolute atomic E-state index is 0.332. The highest BCUT2D eigenvalue weighted by Gasteiger charge is 2.36. The summed E-state index contributed by atoms with van der Waals surface area (Å²) in [5.74, 6) is -1.02. The van der Waals surface area contributed by atoms with Crippen LogP contribution in [0.1, 0.15) is 26.7 Å². The number of anilines is 1. The molecule has 0 saturated carbocycles. The average Bonchev–Trinajstić information content (AvgIpc) is 2.35. The Bertz CT molecular complexity index is 473. The third-order valence-corrected chi connectivity index (χ3v) is 3.72. The van der Waals surface area contributed by atoms with Gasteiger partial charge in [-0.15, -0.1) is 0 Å². The standard InChI is InChI=1S/C13H17IN2O3/c1-3-13(4-2,11(17)18)16-12(19)15-10-7-5-6-9(14)8-10/h5-8H,3-4H2,1-2H3,(H,17,18)(H2,15,16,19). The van der Waals surface area contributed by atoms with Gasteiger partial charge in [0.2, 0.25) is 0 Å². The first-order valence-corrected chi connectivity index (χ1v) is 7.09. The number of carbonyl (C=O) groups excluding carboxylic acids is 1. The van der Waals surface area contributed by atoms with Crippen LogP contribution in [0.15, 0.2) is 24.3 Å². The summed E-state index contributed by atoms with van der Waals surface area (Å²) in [7, 11) is 0. The summed E-state index contributed by atoms with van der Waals surface area (Å²) in [4.78, 5) is 23.2. The van der Waals surface area contributed by atoms with Crippen molar-refractivity contribution in [3.63, 3.8) is 0 Å². The van der Waals surface area contributed by atoms with Crippen molar-refractivity contribution in [1.29, 1.82) is 0 Å². The number of carboxylic acids is 1. The Kier molecular flexibility index (Phi) is 5.59. The molecule has 1 rings (SSSR count). The lowest BCUT2D eigenvalue weighted by atomic mass is 9.93. The van der Waals surface area contributed by atoms with E-state index < -0.39 is 17.5 Å². The fraction of sp³-hybridized carbons (Fsp3) is 0.385.